The van der Waals surface area contributed by atoms with Gasteiger partial charge in [-0.05, 0) is 55.3 Å². The third-order valence-corrected chi connectivity index (χ3v) is 4.31. The van der Waals surface area contributed by atoms with Crippen molar-refractivity contribution in [3.63, 3.8) is 0 Å². The number of rotatable bonds is 7. The molecule has 0 spiro atoms. The molecule has 6 nitrogen and oxygen atoms in total. The van der Waals surface area contributed by atoms with Gasteiger partial charge in [0.2, 0.25) is 0 Å². The molecule has 6 heteroatoms. The summed E-state index contributed by atoms with van der Waals surface area (Å²) in [5.41, 5.74) is 2.55. The zero-order valence-electron chi connectivity index (χ0n) is 16.0. The number of carbonyl (C=O) groups is 3. The molecule has 0 saturated carbocycles. The maximum atomic E-state index is 12.4. The zero-order chi connectivity index (χ0) is 20.6. The third-order valence-electron chi connectivity index (χ3n) is 4.31. The Balaban J connectivity index is 1.59. The van der Waals surface area contributed by atoms with E-state index in [-0.39, 0.29) is 23.1 Å². The lowest BCUT2D eigenvalue weighted by Gasteiger charge is -2.08. The number of nitrogens with zero attached hydrogens (tertiary/aromatic N) is 1. The smallest absolute Gasteiger partial charge is 0.274 e. The van der Waals surface area contributed by atoms with Gasteiger partial charge in [0.1, 0.15) is 11.4 Å². The molecule has 0 radical (unpaired) electrons. The number of nitrogens with one attached hydrogen (secondary N) is 2. The van der Waals surface area contributed by atoms with E-state index in [1.54, 1.807) is 42.5 Å². The Labute approximate surface area is 169 Å². The molecule has 2 N–H and O–H groups in total. The van der Waals surface area contributed by atoms with Crippen molar-refractivity contribution in [2.75, 3.05) is 11.9 Å². The fourth-order valence-electron chi connectivity index (χ4n) is 2.73. The molecule has 2 amide bonds. The standard InChI is InChI=1S/C23H21N3O3/c1-16(27)18-10-12-19(13-11-18)25-23(29)21-9-5-8-20(26-21)22(28)24-15-14-17-6-3-2-4-7-17/h2-13H,14-15H2,1H3,(H,24,28)(H,25,29). The van der Waals surface area contributed by atoms with Crippen LogP contribution in [0.5, 0.6) is 0 Å². The number of carbonyl (C=O) groups excluding carboxylic acids is 3. The maximum Gasteiger partial charge on any atom is 0.274 e. The predicted octanol–water partition coefficient (Wildman–Crippen LogP) is 3.51. The Kier molecular flexibility index (Phi) is 6.47. The summed E-state index contributed by atoms with van der Waals surface area (Å²) in [4.78, 5) is 40.3. The van der Waals surface area contributed by atoms with Gasteiger partial charge in [-0.2, -0.15) is 0 Å². The number of anilines is 1. The predicted molar refractivity (Wildman–Crippen MR) is 111 cm³/mol. The molecule has 0 fully saturated rings. The van der Waals surface area contributed by atoms with Gasteiger partial charge in [-0.1, -0.05) is 36.4 Å². The van der Waals surface area contributed by atoms with Crippen LogP contribution in [-0.4, -0.2) is 29.1 Å². The first-order valence-electron chi connectivity index (χ1n) is 9.24. The van der Waals surface area contributed by atoms with Gasteiger partial charge in [0.05, 0.1) is 0 Å². The number of ketones is 1. The van der Waals surface area contributed by atoms with Crippen LogP contribution >= 0.6 is 0 Å². The van der Waals surface area contributed by atoms with E-state index in [1.807, 2.05) is 30.3 Å². The number of benzene rings is 2. The van der Waals surface area contributed by atoms with Crippen LogP contribution in [-0.2, 0) is 6.42 Å². The van der Waals surface area contributed by atoms with E-state index < -0.39 is 5.91 Å². The third kappa shape index (κ3) is 5.59. The highest BCUT2D eigenvalue weighted by atomic mass is 16.2. The van der Waals surface area contributed by atoms with Crippen LogP contribution in [0, 0.1) is 0 Å². The molecule has 29 heavy (non-hydrogen) atoms. The van der Waals surface area contributed by atoms with Gasteiger partial charge in [0, 0.05) is 17.8 Å². The molecule has 1 aromatic heterocycles. The Hall–Kier alpha value is -3.80. The average Bonchev–Trinajstić information content (AvgIpc) is 2.75. The monoisotopic (exact) mass is 387 g/mol. The van der Waals surface area contributed by atoms with Gasteiger partial charge >= 0.3 is 0 Å². The molecule has 0 saturated heterocycles. The molecule has 0 unspecified atom stereocenters. The first kappa shape index (κ1) is 19.9. The van der Waals surface area contributed by atoms with Crippen LogP contribution in [0.15, 0.2) is 72.8 Å². The van der Waals surface area contributed by atoms with Gasteiger partial charge < -0.3 is 10.6 Å². The Morgan fingerprint density at radius 2 is 1.45 bits per heavy atom. The SMILES string of the molecule is CC(=O)c1ccc(NC(=O)c2cccc(C(=O)NCCc3ccccc3)n2)cc1. The van der Waals surface area contributed by atoms with E-state index >= 15 is 0 Å². The molecule has 0 bridgehead atoms. The molecule has 3 aromatic rings. The van der Waals surface area contributed by atoms with Crippen molar-refractivity contribution in [3.05, 3.63) is 95.3 Å². The lowest BCUT2D eigenvalue weighted by molar-refractivity contribution is 0.0948. The molecule has 2 aromatic carbocycles. The molecule has 1 heterocycles. The first-order chi connectivity index (χ1) is 14.0. The van der Waals surface area contributed by atoms with E-state index in [0.29, 0.717) is 24.2 Å². The highest BCUT2D eigenvalue weighted by Crippen LogP contribution is 2.11. The van der Waals surface area contributed by atoms with Crippen LogP contribution < -0.4 is 10.6 Å². The number of amides is 2. The molecular formula is C23H21N3O3. The fourth-order valence-corrected chi connectivity index (χ4v) is 2.73. The summed E-state index contributed by atoms with van der Waals surface area (Å²) in [5.74, 6) is -0.809. The number of pyridine rings is 1. The van der Waals surface area contributed by atoms with Crippen molar-refractivity contribution < 1.29 is 14.4 Å². The first-order valence-corrected chi connectivity index (χ1v) is 9.24. The summed E-state index contributed by atoms with van der Waals surface area (Å²) < 4.78 is 0. The van der Waals surface area contributed by atoms with Crippen LogP contribution in [0.25, 0.3) is 0 Å². The van der Waals surface area contributed by atoms with Gasteiger partial charge in [-0.15, -0.1) is 0 Å². The minimum absolute atomic E-state index is 0.0458. The molecule has 0 aliphatic carbocycles. The molecule has 146 valence electrons. The summed E-state index contributed by atoms with van der Waals surface area (Å²) in [7, 11) is 0. The van der Waals surface area contributed by atoms with Gasteiger partial charge in [-0.3, -0.25) is 14.4 Å². The maximum absolute atomic E-state index is 12.4. The topological polar surface area (TPSA) is 88.2 Å². The normalized spacial score (nSPS) is 10.2. The lowest BCUT2D eigenvalue weighted by atomic mass is 10.1. The van der Waals surface area contributed by atoms with Crippen LogP contribution in [0.4, 0.5) is 5.69 Å². The summed E-state index contributed by atoms with van der Waals surface area (Å²) in [6, 6.07) is 21.1. The number of hydrogen-bond acceptors (Lipinski definition) is 4. The summed E-state index contributed by atoms with van der Waals surface area (Å²) in [5, 5.41) is 5.53. The van der Waals surface area contributed by atoms with Crippen molar-refractivity contribution in [1.29, 1.82) is 0 Å². The highest BCUT2D eigenvalue weighted by molar-refractivity contribution is 6.04. The second-order valence-corrected chi connectivity index (χ2v) is 6.49. The van der Waals surface area contributed by atoms with E-state index in [2.05, 4.69) is 15.6 Å². The lowest BCUT2D eigenvalue weighted by Crippen LogP contribution is -2.27. The Morgan fingerprint density at radius 3 is 2.10 bits per heavy atom. The number of hydrogen-bond donors (Lipinski definition) is 2. The van der Waals surface area contributed by atoms with Gasteiger partial charge in [-0.25, -0.2) is 4.98 Å². The molecule has 0 aliphatic heterocycles. The number of aromatic nitrogens is 1. The average molecular weight is 387 g/mol. The Morgan fingerprint density at radius 1 is 0.793 bits per heavy atom. The van der Waals surface area contributed by atoms with E-state index in [9.17, 15) is 14.4 Å². The van der Waals surface area contributed by atoms with E-state index in [4.69, 9.17) is 0 Å². The van der Waals surface area contributed by atoms with Crippen LogP contribution in [0.3, 0.4) is 0 Å². The largest absolute Gasteiger partial charge is 0.350 e. The number of Topliss-reactive ketones (excluding diaryl/α,β-unsaturated/α-hetero) is 1. The van der Waals surface area contributed by atoms with Gasteiger partial charge in [0.25, 0.3) is 11.8 Å². The minimum atomic E-state index is -0.431. The molecular weight excluding hydrogens is 366 g/mol. The van der Waals surface area contributed by atoms with Crippen molar-refractivity contribution >= 4 is 23.3 Å². The zero-order valence-corrected chi connectivity index (χ0v) is 16.0. The van der Waals surface area contributed by atoms with E-state index in [0.717, 1.165) is 5.56 Å². The molecule has 3 rings (SSSR count). The van der Waals surface area contributed by atoms with Crippen molar-refractivity contribution in [2.24, 2.45) is 0 Å². The second kappa shape index (κ2) is 9.41. The van der Waals surface area contributed by atoms with Crippen molar-refractivity contribution in [3.8, 4) is 0 Å². The van der Waals surface area contributed by atoms with Crippen LogP contribution in [0.2, 0.25) is 0 Å². The minimum Gasteiger partial charge on any atom is -0.350 e. The summed E-state index contributed by atoms with van der Waals surface area (Å²) in [6.07, 6.45) is 0.711. The molecule has 0 aliphatic rings. The quantitative estimate of drug-likeness (QED) is 0.607. The van der Waals surface area contributed by atoms with Crippen molar-refractivity contribution in [1.82, 2.24) is 10.3 Å². The Bertz CT molecular complexity index is 1020. The summed E-state index contributed by atoms with van der Waals surface area (Å²) in [6.45, 7) is 1.96. The highest BCUT2D eigenvalue weighted by Gasteiger charge is 2.12. The van der Waals surface area contributed by atoms with E-state index in [1.165, 1.54) is 6.92 Å². The molecule has 0 atom stereocenters. The van der Waals surface area contributed by atoms with Crippen LogP contribution in [0.1, 0.15) is 43.8 Å². The summed E-state index contributed by atoms with van der Waals surface area (Å²) >= 11 is 0. The van der Waals surface area contributed by atoms with Crippen molar-refractivity contribution in [2.45, 2.75) is 13.3 Å². The second-order valence-electron chi connectivity index (χ2n) is 6.49. The fraction of sp³-hybridized carbons (Fsp3) is 0.130. The van der Waals surface area contributed by atoms with Gasteiger partial charge in [0.15, 0.2) is 5.78 Å².